The predicted molar refractivity (Wildman–Crippen MR) is 186 cm³/mol. The number of hydrogen-bond acceptors (Lipinski definition) is 5. The van der Waals surface area contributed by atoms with Crippen LogP contribution >= 0.6 is 0 Å². The van der Waals surface area contributed by atoms with E-state index in [0.717, 1.165) is 82.1 Å². The van der Waals surface area contributed by atoms with Crippen molar-refractivity contribution in [2.75, 3.05) is 0 Å². The van der Waals surface area contributed by atoms with Crippen LogP contribution in [0.25, 0.3) is 99.6 Å². The molecule has 0 unspecified atom stereocenters. The number of benzene rings is 7. The highest BCUT2D eigenvalue weighted by atomic mass is 16.3. The van der Waals surface area contributed by atoms with E-state index in [1.165, 1.54) is 0 Å². The second kappa shape index (κ2) is 9.58. The Morgan fingerprint density at radius 2 is 0.978 bits per heavy atom. The molecule has 3 heterocycles. The lowest BCUT2D eigenvalue weighted by Gasteiger charge is -2.12. The van der Waals surface area contributed by atoms with E-state index < -0.39 is 0 Å². The Hall–Kier alpha value is -6.33. The van der Waals surface area contributed by atoms with Gasteiger partial charge >= 0.3 is 0 Å². The minimum Gasteiger partial charge on any atom is -0.456 e. The van der Waals surface area contributed by atoms with E-state index in [1.54, 1.807) is 0 Å². The summed E-state index contributed by atoms with van der Waals surface area (Å²) >= 11 is 0. The van der Waals surface area contributed by atoms with Crippen LogP contribution in [0, 0.1) is 0 Å². The first-order chi connectivity index (χ1) is 22.8. The summed E-state index contributed by atoms with van der Waals surface area (Å²) < 4.78 is 12.4. The molecule has 0 saturated heterocycles. The zero-order chi connectivity index (χ0) is 30.2. The lowest BCUT2D eigenvalue weighted by molar-refractivity contribution is 0.669. The van der Waals surface area contributed by atoms with Crippen LogP contribution in [0.5, 0.6) is 0 Å². The maximum atomic E-state index is 6.22. The van der Waals surface area contributed by atoms with Gasteiger partial charge in [-0.05, 0) is 51.9 Å². The largest absolute Gasteiger partial charge is 0.456 e. The van der Waals surface area contributed by atoms with Gasteiger partial charge in [0.15, 0.2) is 17.5 Å². The van der Waals surface area contributed by atoms with Gasteiger partial charge in [0.05, 0.1) is 0 Å². The SMILES string of the molecule is c1ccc(-c2nc(-c3cccc4c3ccc3cc5oc6ccccc6c5cc34)nc(-c3cccc4oc5ccccc5c34)n2)cc1. The lowest BCUT2D eigenvalue weighted by Crippen LogP contribution is -2.00. The Labute approximate surface area is 262 Å². The van der Waals surface area contributed by atoms with Crippen LogP contribution < -0.4 is 0 Å². The molecule has 0 fully saturated rings. The standard InChI is InChI=1S/C41H23N3O2/c1-2-10-24(11-3-1)39-42-40(44-41(43-39)31-16-9-19-36-38(31)30-13-5-7-18-35(30)45-36)29-15-8-14-26-27(29)21-20-25-22-37-33(23-32(25)26)28-12-4-6-17-34(28)46-37/h1-23H. The van der Waals surface area contributed by atoms with Crippen LogP contribution in [0.1, 0.15) is 0 Å². The van der Waals surface area contributed by atoms with Crippen molar-refractivity contribution in [1.82, 2.24) is 15.0 Å². The molecule has 5 heteroatoms. The number of nitrogens with zero attached hydrogens (tertiary/aromatic N) is 3. The summed E-state index contributed by atoms with van der Waals surface area (Å²) in [7, 11) is 0. The number of hydrogen-bond donors (Lipinski definition) is 0. The van der Waals surface area contributed by atoms with Crippen molar-refractivity contribution in [1.29, 1.82) is 0 Å². The van der Waals surface area contributed by atoms with E-state index in [2.05, 4.69) is 66.7 Å². The first-order valence-electron chi connectivity index (χ1n) is 15.3. The van der Waals surface area contributed by atoms with Crippen molar-refractivity contribution < 1.29 is 8.83 Å². The average Bonchev–Trinajstić information content (AvgIpc) is 3.68. The van der Waals surface area contributed by atoms with E-state index >= 15 is 0 Å². The minimum absolute atomic E-state index is 0.602. The van der Waals surface area contributed by atoms with E-state index in [4.69, 9.17) is 23.8 Å². The van der Waals surface area contributed by atoms with Crippen molar-refractivity contribution in [3.8, 4) is 34.2 Å². The highest BCUT2D eigenvalue weighted by molar-refractivity contribution is 6.18. The summed E-state index contributed by atoms with van der Waals surface area (Å²) in [5, 5.41) is 8.74. The third kappa shape index (κ3) is 3.72. The molecular weight excluding hydrogens is 566 g/mol. The van der Waals surface area contributed by atoms with Gasteiger partial charge in [0, 0.05) is 38.2 Å². The fourth-order valence-corrected chi connectivity index (χ4v) is 6.80. The Morgan fingerprint density at radius 1 is 0.348 bits per heavy atom. The molecule has 3 aromatic heterocycles. The first-order valence-corrected chi connectivity index (χ1v) is 15.3. The maximum Gasteiger partial charge on any atom is 0.164 e. The Morgan fingerprint density at radius 3 is 1.85 bits per heavy atom. The number of furan rings is 2. The van der Waals surface area contributed by atoms with Crippen LogP contribution in [0.4, 0.5) is 0 Å². The third-order valence-electron chi connectivity index (χ3n) is 8.93. The first kappa shape index (κ1) is 25.0. The van der Waals surface area contributed by atoms with Crippen molar-refractivity contribution in [3.05, 3.63) is 140 Å². The molecule has 0 saturated carbocycles. The average molecular weight is 590 g/mol. The minimum atomic E-state index is 0.602. The second-order valence-electron chi connectivity index (χ2n) is 11.6. The Kier molecular flexibility index (Phi) is 5.22. The molecule has 0 N–H and O–H groups in total. The van der Waals surface area contributed by atoms with E-state index in [0.29, 0.717) is 17.5 Å². The van der Waals surface area contributed by atoms with Gasteiger partial charge in [-0.3, -0.25) is 0 Å². The van der Waals surface area contributed by atoms with E-state index in [-0.39, 0.29) is 0 Å². The molecule has 0 aliphatic carbocycles. The summed E-state index contributed by atoms with van der Waals surface area (Å²) in [6.07, 6.45) is 0. The molecule has 0 aliphatic rings. The van der Waals surface area contributed by atoms with Crippen LogP contribution in [0.3, 0.4) is 0 Å². The van der Waals surface area contributed by atoms with Crippen molar-refractivity contribution in [3.63, 3.8) is 0 Å². The van der Waals surface area contributed by atoms with Gasteiger partial charge in [-0.1, -0.05) is 109 Å². The summed E-state index contributed by atoms with van der Waals surface area (Å²) in [4.78, 5) is 15.3. The molecule has 0 atom stereocenters. The molecule has 0 radical (unpaired) electrons. The van der Waals surface area contributed by atoms with E-state index in [9.17, 15) is 0 Å². The smallest absolute Gasteiger partial charge is 0.164 e. The summed E-state index contributed by atoms with van der Waals surface area (Å²) in [6.45, 7) is 0. The zero-order valence-corrected chi connectivity index (χ0v) is 24.4. The van der Waals surface area contributed by atoms with Gasteiger partial charge in [-0.2, -0.15) is 0 Å². The molecule has 10 aromatic rings. The quantitative estimate of drug-likeness (QED) is 0.192. The van der Waals surface area contributed by atoms with Crippen molar-refractivity contribution >= 4 is 65.4 Å². The Balaban J connectivity index is 1.25. The molecule has 46 heavy (non-hydrogen) atoms. The lowest BCUT2D eigenvalue weighted by atomic mass is 9.96. The second-order valence-corrected chi connectivity index (χ2v) is 11.6. The zero-order valence-electron chi connectivity index (χ0n) is 24.4. The molecule has 0 spiro atoms. The van der Waals surface area contributed by atoms with Gasteiger partial charge in [-0.25, -0.2) is 15.0 Å². The summed E-state index contributed by atoms with van der Waals surface area (Å²) in [6, 6.07) is 47.5. The van der Waals surface area contributed by atoms with Gasteiger partial charge in [0.25, 0.3) is 0 Å². The van der Waals surface area contributed by atoms with Crippen LogP contribution in [-0.4, -0.2) is 15.0 Å². The number of aromatic nitrogens is 3. The molecule has 7 aromatic carbocycles. The van der Waals surface area contributed by atoms with Crippen LogP contribution in [-0.2, 0) is 0 Å². The molecule has 10 rings (SSSR count). The third-order valence-corrected chi connectivity index (χ3v) is 8.93. The van der Waals surface area contributed by atoms with Crippen molar-refractivity contribution in [2.24, 2.45) is 0 Å². The molecular formula is C41H23N3O2. The van der Waals surface area contributed by atoms with Crippen LogP contribution in [0.2, 0.25) is 0 Å². The molecule has 0 amide bonds. The normalized spacial score (nSPS) is 11.9. The van der Waals surface area contributed by atoms with Gasteiger partial charge in [0.2, 0.25) is 0 Å². The van der Waals surface area contributed by atoms with Crippen LogP contribution in [0.15, 0.2) is 148 Å². The topological polar surface area (TPSA) is 65.0 Å². The molecule has 214 valence electrons. The molecule has 5 nitrogen and oxygen atoms in total. The Bertz CT molecular complexity index is 2810. The molecule has 0 aliphatic heterocycles. The number of para-hydroxylation sites is 2. The monoisotopic (exact) mass is 589 g/mol. The fraction of sp³-hybridized carbons (Fsp3) is 0. The van der Waals surface area contributed by atoms with Gasteiger partial charge < -0.3 is 8.83 Å². The predicted octanol–water partition coefficient (Wildman–Crippen LogP) is 11.0. The number of fused-ring (bicyclic) bond motifs is 9. The summed E-state index contributed by atoms with van der Waals surface area (Å²) in [5.41, 5.74) is 6.20. The fourth-order valence-electron chi connectivity index (χ4n) is 6.80. The van der Waals surface area contributed by atoms with Gasteiger partial charge in [0.1, 0.15) is 22.3 Å². The maximum absolute atomic E-state index is 6.22. The highest BCUT2D eigenvalue weighted by Crippen LogP contribution is 2.39. The molecule has 0 bridgehead atoms. The number of rotatable bonds is 3. The van der Waals surface area contributed by atoms with Gasteiger partial charge in [-0.15, -0.1) is 0 Å². The van der Waals surface area contributed by atoms with Crippen molar-refractivity contribution in [2.45, 2.75) is 0 Å². The summed E-state index contributed by atoms with van der Waals surface area (Å²) in [5.74, 6) is 1.84. The highest BCUT2D eigenvalue weighted by Gasteiger charge is 2.19. The van der Waals surface area contributed by atoms with E-state index in [1.807, 2.05) is 72.8 Å².